The monoisotopic (exact) mass is 361 g/mol. The highest BCUT2D eigenvalue weighted by Crippen LogP contribution is 2.14. The number of nitrogens with one attached hydrogen (secondary N) is 2. The van der Waals surface area contributed by atoms with Crippen molar-refractivity contribution in [2.24, 2.45) is 4.99 Å². The van der Waals surface area contributed by atoms with Crippen LogP contribution in [0.3, 0.4) is 0 Å². The third-order valence-electron chi connectivity index (χ3n) is 2.95. The van der Waals surface area contributed by atoms with Crippen molar-refractivity contribution >= 4 is 5.96 Å². The average Bonchev–Trinajstić information content (AvgIpc) is 2.57. The van der Waals surface area contributed by atoms with Gasteiger partial charge >= 0.3 is 6.18 Å². The van der Waals surface area contributed by atoms with Crippen molar-refractivity contribution < 1.29 is 22.6 Å². The highest BCUT2D eigenvalue weighted by Gasteiger charge is 2.27. The van der Waals surface area contributed by atoms with E-state index in [0.29, 0.717) is 38.6 Å². The molecule has 0 aliphatic carbocycles. The normalized spacial score (nSPS) is 12.1. The first kappa shape index (κ1) is 21.1. The van der Waals surface area contributed by atoms with Crippen molar-refractivity contribution in [1.29, 1.82) is 0 Å². The van der Waals surface area contributed by atoms with Gasteiger partial charge in [0.15, 0.2) is 5.96 Å². The topological polar surface area (TPSA) is 54.9 Å². The van der Waals surface area contributed by atoms with Crippen molar-refractivity contribution in [3.63, 3.8) is 0 Å². The predicted octanol–water partition coefficient (Wildman–Crippen LogP) is 2.98. The second-order valence-electron chi connectivity index (χ2n) is 5.22. The van der Waals surface area contributed by atoms with Crippen molar-refractivity contribution in [2.75, 3.05) is 39.5 Å². The van der Waals surface area contributed by atoms with Gasteiger partial charge in [-0.25, -0.2) is 0 Å². The molecule has 0 saturated heterocycles. The molecule has 0 aromatic heterocycles. The standard InChI is InChI=1S/C17H26F3N3O2/c1-2-21-16(22-10-6-12-24-14-17(18,19)20)23-11-7-13-25-15-8-4-3-5-9-15/h3-5,8-9H,2,6-7,10-14H2,1H3,(H2,21,22,23). The van der Waals surface area contributed by atoms with Gasteiger partial charge in [0.2, 0.25) is 0 Å². The van der Waals surface area contributed by atoms with Gasteiger partial charge in [-0.15, -0.1) is 0 Å². The number of benzene rings is 1. The summed E-state index contributed by atoms with van der Waals surface area (Å²) in [6.07, 6.45) is -3.04. The molecule has 1 rings (SSSR count). The highest BCUT2D eigenvalue weighted by atomic mass is 19.4. The van der Waals surface area contributed by atoms with Crippen LogP contribution in [0.15, 0.2) is 35.3 Å². The van der Waals surface area contributed by atoms with Crippen LogP contribution in [0.2, 0.25) is 0 Å². The Labute approximate surface area is 146 Å². The predicted molar refractivity (Wildman–Crippen MR) is 92.0 cm³/mol. The lowest BCUT2D eigenvalue weighted by Gasteiger charge is -2.12. The summed E-state index contributed by atoms with van der Waals surface area (Å²) in [6, 6.07) is 9.56. The fourth-order valence-corrected chi connectivity index (χ4v) is 1.87. The van der Waals surface area contributed by atoms with Gasteiger partial charge in [0.05, 0.1) is 6.61 Å². The van der Waals surface area contributed by atoms with Gasteiger partial charge in [-0.1, -0.05) is 18.2 Å². The number of para-hydroxylation sites is 1. The molecular weight excluding hydrogens is 335 g/mol. The van der Waals surface area contributed by atoms with E-state index in [2.05, 4.69) is 20.4 Å². The zero-order chi connectivity index (χ0) is 18.4. The Balaban J connectivity index is 2.14. The van der Waals surface area contributed by atoms with Crippen LogP contribution in [0.1, 0.15) is 19.8 Å². The van der Waals surface area contributed by atoms with Gasteiger partial charge in [-0.2, -0.15) is 13.2 Å². The minimum absolute atomic E-state index is 0.0524. The van der Waals surface area contributed by atoms with Gasteiger partial charge < -0.3 is 20.1 Å². The van der Waals surface area contributed by atoms with E-state index in [1.54, 1.807) is 0 Å². The Bertz CT molecular complexity index is 482. The molecule has 2 N–H and O–H groups in total. The highest BCUT2D eigenvalue weighted by molar-refractivity contribution is 5.79. The van der Waals surface area contributed by atoms with E-state index in [1.807, 2.05) is 37.3 Å². The van der Waals surface area contributed by atoms with Crippen LogP contribution in [0.5, 0.6) is 5.75 Å². The van der Waals surface area contributed by atoms with Crippen LogP contribution in [0.25, 0.3) is 0 Å². The zero-order valence-electron chi connectivity index (χ0n) is 14.4. The lowest BCUT2D eigenvalue weighted by atomic mass is 10.3. The molecular formula is C17H26F3N3O2. The van der Waals surface area contributed by atoms with Crippen LogP contribution in [-0.4, -0.2) is 51.6 Å². The molecule has 0 atom stereocenters. The van der Waals surface area contributed by atoms with E-state index in [9.17, 15) is 13.2 Å². The number of aliphatic imine (C=N–C) groups is 1. The first-order valence-electron chi connectivity index (χ1n) is 8.36. The molecule has 5 nitrogen and oxygen atoms in total. The molecule has 0 aliphatic rings. The number of ether oxygens (including phenoxy) is 2. The summed E-state index contributed by atoms with van der Waals surface area (Å²) < 4.78 is 45.9. The van der Waals surface area contributed by atoms with Crippen LogP contribution in [-0.2, 0) is 4.74 Å². The minimum atomic E-state index is -4.27. The van der Waals surface area contributed by atoms with E-state index < -0.39 is 12.8 Å². The van der Waals surface area contributed by atoms with E-state index >= 15 is 0 Å². The quantitative estimate of drug-likeness (QED) is 0.361. The molecule has 142 valence electrons. The molecule has 1 aromatic carbocycles. The maximum atomic E-state index is 11.9. The number of alkyl halides is 3. The summed E-state index contributed by atoms with van der Waals surface area (Å²) in [5.74, 6) is 1.47. The SMILES string of the molecule is CCNC(=NCCCOc1ccccc1)NCCCOCC(F)(F)F. The summed E-state index contributed by atoms with van der Waals surface area (Å²) in [4.78, 5) is 4.40. The Kier molecular flexibility index (Phi) is 10.5. The number of hydrogen-bond acceptors (Lipinski definition) is 3. The fraction of sp³-hybridized carbons (Fsp3) is 0.588. The number of rotatable bonds is 11. The maximum absolute atomic E-state index is 11.9. The Morgan fingerprint density at radius 2 is 1.84 bits per heavy atom. The molecule has 0 aliphatic heterocycles. The summed E-state index contributed by atoms with van der Waals surface area (Å²) in [5.41, 5.74) is 0. The molecule has 25 heavy (non-hydrogen) atoms. The van der Waals surface area contributed by atoms with Gasteiger partial charge in [0, 0.05) is 32.7 Å². The summed E-state index contributed by atoms with van der Waals surface area (Å²) in [5, 5.41) is 6.15. The molecule has 0 spiro atoms. The number of halogens is 3. The summed E-state index contributed by atoms with van der Waals surface area (Å²) in [7, 11) is 0. The number of nitrogens with zero attached hydrogens (tertiary/aromatic N) is 1. The first-order valence-corrected chi connectivity index (χ1v) is 8.36. The number of guanidine groups is 1. The van der Waals surface area contributed by atoms with Gasteiger partial charge in [-0.05, 0) is 25.5 Å². The third kappa shape index (κ3) is 12.1. The lowest BCUT2D eigenvalue weighted by molar-refractivity contribution is -0.173. The largest absolute Gasteiger partial charge is 0.494 e. The van der Waals surface area contributed by atoms with Gasteiger partial charge in [-0.3, -0.25) is 4.99 Å². The average molecular weight is 361 g/mol. The van der Waals surface area contributed by atoms with Crippen LogP contribution < -0.4 is 15.4 Å². The number of hydrogen-bond donors (Lipinski definition) is 2. The smallest absolute Gasteiger partial charge is 0.411 e. The zero-order valence-corrected chi connectivity index (χ0v) is 14.4. The molecule has 0 fully saturated rings. The van der Waals surface area contributed by atoms with E-state index in [0.717, 1.165) is 12.2 Å². The lowest BCUT2D eigenvalue weighted by Crippen LogP contribution is -2.38. The van der Waals surface area contributed by atoms with Crippen LogP contribution >= 0.6 is 0 Å². The fourth-order valence-electron chi connectivity index (χ4n) is 1.87. The van der Waals surface area contributed by atoms with Crippen molar-refractivity contribution in [3.8, 4) is 5.75 Å². The first-order chi connectivity index (χ1) is 12.0. The van der Waals surface area contributed by atoms with Crippen LogP contribution in [0.4, 0.5) is 13.2 Å². The van der Waals surface area contributed by atoms with Crippen molar-refractivity contribution in [1.82, 2.24) is 10.6 Å². The van der Waals surface area contributed by atoms with E-state index in [1.165, 1.54) is 0 Å². The molecule has 0 amide bonds. The van der Waals surface area contributed by atoms with Crippen molar-refractivity contribution in [3.05, 3.63) is 30.3 Å². The molecule has 0 saturated carbocycles. The Morgan fingerprint density at radius 3 is 2.52 bits per heavy atom. The Morgan fingerprint density at radius 1 is 1.08 bits per heavy atom. The van der Waals surface area contributed by atoms with Crippen LogP contribution in [0, 0.1) is 0 Å². The third-order valence-corrected chi connectivity index (χ3v) is 2.95. The van der Waals surface area contributed by atoms with Crippen molar-refractivity contribution in [2.45, 2.75) is 25.9 Å². The summed E-state index contributed by atoms with van der Waals surface area (Å²) in [6.45, 7) is 3.15. The second-order valence-corrected chi connectivity index (χ2v) is 5.22. The van der Waals surface area contributed by atoms with E-state index in [-0.39, 0.29) is 6.61 Å². The molecule has 8 heteroatoms. The summed E-state index contributed by atoms with van der Waals surface area (Å²) >= 11 is 0. The molecule has 0 heterocycles. The molecule has 0 radical (unpaired) electrons. The van der Waals surface area contributed by atoms with Gasteiger partial charge in [0.25, 0.3) is 0 Å². The second kappa shape index (κ2) is 12.4. The molecule has 0 bridgehead atoms. The Hall–Kier alpha value is -1.96. The maximum Gasteiger partial charge on any atom is 0.411 e. The molecule has 1 aromatic rings. The minimum Gasteiger partial charge on any atom is -0.494 e. The van der Waals surface area contributed by atoms with Gasteiger partial charge in [0.1, 0.15) is 12.4 Å². The molecule has 0 unspecified atom stereocenters. The van der Waals surface area contributed by atoms with E-state index in [4.69, 9.17) is 4.74 Å².